The van der Waals surface area contributed by atoms with Crippen LogP contribution in [-0.4, -0.2) is 27.9 Å². The van der Waals surface area contributed by atoms with E-state index in [1.165, 1.54) is 12.7 Å². The highest BCUT2D eigenvalue weighted by Gasteiger charge is 2.07. The largest absolute Gasteiger partial charge is 0.285 e. The van der Waals surface area contributed by atoms with Crippen LogP contribution in [0, 0.1) is 0 Å². The van der Waals surface area contributed by atoms with Crippen LogP contribution in [0.1, 0.15) is 0 Å². The Bertz CT molecular complexity index is 325. The van der Waals surface area contributed by atoms with Gasteiger partial charge in [0.05, 0.1) is 0 Å². The predicted molar refractivity (Wildman–Crippen MR) is 39.3 cm³/mol. The van der Waals surface area contributed by atoms with Crippen molar-refractivity contribution in [1.82, 2.24) is 15.0 Å². The molecule has 0 spiro atoms. The van der Waals surface area contributed by atoms with E-state index < -0.39 is 17.5 Å². The summed E-state index contributed by atoms with van der Waals surface area (Å²) in [5.41, 5.74) is 0.0579. The molecule has 0 saturated heterocycles. The van der Waals surface area contributed by atoms with E-state index in [1.54, 1.807) is 0 Å². The van der Waals surface area contributed by atoms with Crippen LogP contribution in [0.3, 0.4) is 0 Å². The molecule has 0 fully saturated rings. The average molecular weight is 193 g/mol. The Morgan fingerprint density at radius 2 is 1.91 bits per heavy atom. The summed E-state index contributed by atoms with van der Waals surface area (Å²) in [6.07, 6.45) is 2.33. The monoisotopic (exact) mass is 193 g/mol. The molecule has 1 rings (SSSR count). The molecule has 1 N–H and O–H groups in total. The average Bonchev–Trinajstić information content (AvgIpc) is 1.85. The van der Waals surface area contributed by atoms with Gasteiger partial charge in [-0.3, -0.25) is 4.55 Å². The van der Waals surface area contributed by atoms with Crippen molar-refractivity contribution < 1.29 is 13.0 Å². The summed E-state index contributed by atoms with van der Waals surface area (Å²) in [5, 5.41) is 0. The van der Waals surface area contributed by atoms with Crippen LogP contribution in [-0.2, 0) is 9.74 Å². The molecule has 0 radical (unpaired) electrons. The third kappa shape index (κ3) is 3.31. The van der Waals surface area contributed by atoms with Crippen LogP contribution in [0.5, 0.6) is 0 Å². The van der Waals surface area contributed by atoms with Gasteiger partial charge in [-0.15, -0.1) is 0 Å². The van der Waals surface area contributed by atoms with Crippen LogP contribution in [0.15, 0.2) is 12.7 Å². The molecule has 8 heteroatoms. The molecule has 11 heavy (non-hydrogen) atoms. The topological polar surface area (TPSA) is 93.0 Å². The molecule has 60 valence electrons. The second-order valence-corrected chi connectivity index (χ2v) is 5.30. The minimum atomic E-state index is -4.00. The van der Waals surface area contributed by atoms with Gasteiger partial charge in [-0.1, -0.05) is 0 Å². The Balaban J connectivity index is 2.82. The van der Waals surface area contributed by atoms with Crippen molar-refractivity contribution in [1.29, 1.82) is 0 Å². The molecule has 0 aromatic carbocycles. The van der Waals surface area contributed by atoms with Crippen LogP contribution >= 0.6 is 7.78 Å². The van der Waals surface area contributed by atoms with Crippen molar-refractivity contribution in [2.75, 3.05) is 0 Å². The van der Waals surface area contributed by atoms with Gasteiger partial charge < -0.3 is 0 Å². The van der Waals surface area contributed by atoms with Gasteiger partial charge in [-0.05, 0) is 0 Å². The van der Waals surface area contributed by atoms with Gasteiger partial charge in [-0.2, -0.15) is 8.42 Å². The molecule has 0 saturated carbocycles. The standard InChI is InChI=1S/C3H4N3O3PS/c7-11(8,9)10-3-5-1-4-2-6-3/h1-2,10H,(H,7,8,9). The molecular weight excluding hydrogens is 189 g/mol. The highest BCUT2D eigenvalue weighted by atomic mass is 32.8. The molecule has 0 aliphatic heterocycles. The summed E-state index contributed by atoms with van der Waals surface area (Å²) in [5.74, 6) is 0. The summed E-state index contributed by atoms with van der Waals surface area (Å²) in [6, 6.07) is 0. The van der Waals surface area contributed by atoms with Gasteiger partial charge in [0.1, 0.15) is 20.4 Å². The molecule has 1 aromatic heterocycles. The second-order valence-electron chi connectivity index (χ2n) is 1.54. The van der Waals surface area contributed by atoms with E-state index in [4.69, 9.17) is 4.55 Å². The fourth-order valence-electron chi connectivity index (χ4n) is 0.407. The summed E-state index contributed by atoms with van der Waals surface area (Å²) in [7, 11) is -4.82. The normalized spacial score (nSPS) is 12.5. The van der Waals surface area contributed by atoms with Gasteiger partial charge in [0.2, 0.25) is 0 Å². The third-order valence-electron chi connectivity index (χ3n) is 0.714. The van der Waals surface area contributed by atoms with Gasteiger partial charge in [0, 0.05) is 0 Å². The van der Waals surface area contributed by atoms with Crippen LogP contribution < -0.4 is 5.57 Å². The zero-order valence-electron chi connectivity index (χ0n) is 5.17. The summed E-state index contributed by atoms with van der Waals surface area (Å²) >= 11 is 0. The van der Waals surface area contributed by atoms with Crippen molar-refractivity contribution in [3.63, 3.8) is 0 Å². The van der Waals surface area contributed by atoms with Crippen molar-refractivity contribution in [2.45, 2.75) is 0 Å². The first-order chi connectivity index (χ1) is 5.08. The fraction of sp³-hybridized carbons (Fsp3) is 0. The van der Waals surface area contributed by atoms with Crippen LogP contribution in [0.25, 0.3) is 0 Å². The zero-order chi connectivity index (χ0) is 8.32. The molecular formula is C3H4N3O3PS. The number of nitrogens with zero attached hydrogens (tertiary/aromatic N) is 3. The summed E-state index contributed by atoms with van der Waals surface area (Å²) in [6.45, 7) is 0. The lowest BCUT2D eigenvalue weighted by Crippen LogP contribution is -2.08. The van der Waals surface area contributed by atoms with Crippen molar-refractivity contribution in [3.05, 3.63) is 12.7 Å². The first-order valence-electron chi connectivity index (χ1n) is 2.45. The molecule has 1 heterocycles. The molecule has 1 atom stereocenters. The van der Waals surface area contributed by atoms with Gasteiger partial charge in [0.25, 0.3) is 9.74 Å². The molecule has 1 aromatic rings. The van der Waals surface area contributed by atoms with Gasteiger partial charge in [-0.25, -0.2) is 15.0 Å². The number of rotatable bonds is 2. The lowest BCUT2D eigenvalue weighted by atomic mass is 11.1. The SMILES string of the molecule is O=S(=O)(O)Pc1ncncn1. The van der Waals surface area contributed by atoms with E-state index in [0.717, 1.165) is 0 Å². The number of aromatic nitrogens is 3. The minimum absolute atomic E-state index is 0.0579. The molecule has 0 aliphatic carbocycles. The van der Waals surface area contributed by atoms with E-state index in [0.29, 0.717) is 0 Å². The maximum atomic E-state index is 10.3. The van der Waals surface area contributed by atoms with Crippen molar-refractivity contribution in [3.8, 4) is 0 Å². The maximum absolute atomic E-state index is 10.3. The molecule has 1 unspecified atom stereocenters. The fourth-order valence-corrected chi connectivity index (χ4v) is 1.87. The Hall–Kier alpha value is -0.650. The number of hydrogen-bond acceptors (Lipinski definition) is 5. The van der Waals surface area contributed by atoms with E-state index >= 15 is 0 Å². The van der Waals surface area contributed by atoms with E-state index in [9.17, 15) is 8.42 Å². The van der Waals surface area contributed by atoms with E-state index in [2.05, 4.69) is 15.0 Å². The van der Waals surface area contributed by atoms with Crippen LogP contribution in [0.4, 0.5) is 0 Å². The highest BCUT2D eigenvalue weighted by Crippen LogP contribution is 2.13. The summed E-state index contributed by atoms with van der Waals surface area (Å²) in [4.78, 5) is 10.5. The Morgan fingerprint density at radius 3 is 2.36 bits per heavy atom. The zero-order valence-corrected chi connectivity index (χ0v) is 6.98. The first kappa shape index (κ1) is 8.45. The highest BCUT2D eigenvalue weighted by molar-refractivity contribution is 8.42. The number of hydrogen-bond donors (Lipinski definition) is 1. The minimum Gasteiger partial charge on any atom is -0.283 e. The predicted octanol–water partition coefficient (Wildman–Crippen LogP) is -1.02. The molecule has 0 aliphatic rings. The van der Waals surface area contributed by atoms with Gasteiger partial charge >= 0.3 is 0 Å². The van der Waals surface area contributed by atoms with E-state index in [1.807, 2.05) is 0 Å². The second kappa shape index (κ2) is 3.17. The lowest BCUT2D eigenvalue weighted by Gasteiger charge is -1.92. The third-order valence-corrected chi connectivity index (χ3v) is 2.73. The quantitative estimate of drug-likeness (QED) is 0.477. The Kier molecular flexibility index (Phi) is 2.43. The lowest BCUT2D eigenvalue weighted by molar-refractivity contribution is 0.502. The molecule has 0 bridgehead atoms. The Morgan fingerprint density at radius 1 is 1.36 bits per heavy atom. The summed E-state index contributed by atoms with van der Waals surface area (Å²) < 4.78 is 28.9. The van der Waals surface area contributed by atoms with Crippen molar-refractivity contribution in [2.24, 2.45) is 0 Å². The van der Waals surface area contributed by atoms with Gasteiger partial charge in [0.15, 0.2) is 5.57 Å². The Labute approximate surface area is 64.4 Å². The molecule has 0 amide bonds. The van der Waals surface area contributed by atoms with Crippen molar-refractivity contribution >= 4 is 23.1 Å². The van der Waals surface area contributed by atoms with E-state index in [-0.39, 0.29) is 5.57 Å². The molecule has 6 nitrogen and oxygen atoms in total. The first-order valence-corrected chi connectivity index (χ1v) is 5.61. The smallest absolute Gasteiger partial charge is 0.283 e. The maximum Gasteiger partial charge on any atom is 0.285 e. The van der Waals surface area contributed by atoms with Crippen LogP contribution in [0.2, 0.25) is 0 Å².